The molecule has 1 N–H and O–H groups in total. The van der Waals surface area contributed by atoms with Crippen LogP contribution in [-0.2, 0) is 11.4 Å². The van der Waals surface area contributed by atoms with Gasteiger partial charge in [-0.05, 0) is 93.1 Å². The Morgan fingerprint density at radius 3 is 2.56 bits per heavy atom. The van der Waals surface area contributed by atoms with Crippen LogP contribution >= 0.6 is 15.9 Å². The van der Waals surface area contributed by atoms with Crippen LogP contribution < -0.4 is 10.1 Å². The van der Waals surface area contributed by atoms with Gasteiger partial charge in [-0.15, -0.1) is 0 Å². The Hall–Kier alpha value is -3.88. The first-order valence-electron chi connectivity index (χ1n) is 10.8. The molecule has 168 valence electrons. The second-order valence-corrected chi connectivity index (χ2v) is 8.96. The fraction of sp³-hybridized carbons (Fsp3) is 0.103. The highest BCUT2D eigenvalue weighted by Crippen LogP contribution is 2.28. The molecule has 0 aromatic heterocycles. The summed E-state index contributed by atoms with van der Waals surface area (Å²) in [6, 6.07) is 27.8. The topological polar surface area (TPSA) is 62.1 Å². The number of hydrogen-bond donors (Lipinski definition) is 1. The molecule has 4 aromatic rings. The zero-order valence-corrected chi connectivity index (χ0v) is 20.5. The Morgan fingerprint density at radius 2 is 1.79 bits per heavy atom. The van der Waals surface area contributed by atoms with Gasteiger partial charge >= 0.3 is 0 Å². The summed E-state index contributed by atoms with van der Waals surface area (Å²) >= 11 is 3.54. The largest absolute Gasteiger partial charge is 0.488 e. The minimum atomic E-state index is -0.441. The van der Waals surface area contributed by atoms with Gasteiger partial charge in [0.05, 0.1) is 4.47 Å². The molecule has 0 heterocycles. The molecule has 4 aromatic carbocycles. The molecular weight excluding hydrogens is 488 g/mol. The number of nitriles is 1. The van der Waals surface area contributed by atoms with E-state index < -0.39 is 5.91 Å². The van der Waals surface area contributed by atoms with Crippen molar-refractivity contribution < 1.29 is 9.53 Å². The lowest BCUT2D eigenvalue weighted by Crippen LogP contribution is -2.14. The fourth-order valence-corrected chi connectivity index (χ4v) is 4.10. The van der Waals surface area contributed by atoms with Crippen molar-refractivity contribution in [3.05, 3.63) is 111 Å². The van der Waals surface area contributed by atoms with Crippen LogP contribution in [0.2, 0.25) is 0 Å². The molecule has 4 rings (SSSR count). The number of carbonyl (C=O) groups excluding carboxylic acids is 1. The van der Waals surface area contributed by atoms with Crippen molar-refractivity contribution in [2.45, 2.75) is 20.5 Å². The van der Waals surface area contributed by atoms with E-state index in [4.69, 9.17) is 4.74 Å². The number of benzene rings is 4. The number of anilines is 1. The number of nitrogens with one attached hydrogen (secondary N) is 1. The molecule has 0 atom stereocenters. The number of amides is 1. The van der Waals surface area contributed by atoms with Crippen LogP contribution in [-0.4, -0.2) is 5.91 Å². The van der Waals surface area contributed by atoms with E-state index in [1.54, 1.807) is 6.08 Å². The van der Waals surface area contributed by atoms with Gasteiger partial charge in [-0.25, -0.2) is 0 Å². The number of ether oxygens (including phenoxy) is 1. The van der Waals surface area contributed by atoms with Crippen LogP contribution in [0.5, 0.6) is 5.75 Å². The van der Waals surface area contributed by atoms with Crippen molar-refractivity contribution >= 4 is 44.4 Å². The van der Waals surface area contributed by atoms with E-state index in [0.29, 0.717) is 18.0 Å². The Kier molecular flexibility index (Phi) is 7.10. The van der Waals surface area contributed by atoms with Gasteiger partial charge in [0.25, 0.3) is 5.91 Å². The third kappa shape index (κ3) is 5.54. The van der Waals surface area contributed by atoms with Gasteiger partial charge in [0.1, 0.15) is 24.0 Å². The third-order valence-corrected chi connectivity index (χ3v) is 6.10. The minimum absolute atomic E-state index is 0.0256. The van der Waals surface area contributed by atoms with Gasteiger partial charge in [0.2, 0.25) is 0 Å². The predicted molar refractivity (Wildman–Crippen MR) is 141 cm³/mol. The summed E-state index contributed by atoms with van der Waals surface area (Å²) in [5.41, 5.74) is 4.49. The highest BCUT2D eigenvalue weighted by atomic mass is 79.9. The number of rotatable bonds is 6. The van der Waals surface area contributed by atoms with Crippen LogP contribution in [0, 0.1) is 25.2 Å². The normalized spacial score (nSPS) is 11.2. The molecular formula is C29H23BrN2O2. The molecule has 0 aliphatic carbocycles. The van der Waals surface area contributed by atoms with E-state index in [0.717, 1.165) is 26.7 Å². The average molecular weight is 511 g/mol. The highest BCUT2D eigenvalue weighted by molar-refractivity contribution is 9.10. The summed E-state index contributed by atoms with van der Waals surface area (Å²) < 4.78 is 6.74. The quantitative estimate of drug-likeness (QED) is 0.218. The second-order valence-electron chi connectivity index (χ2n) is 8.10. The Morgan fingerprint density at radius 1 is 1.00 bits per heavy atom. The van der Waals surface area contributed by atoms with Crippen molar-refractivity contribution in [2.75, 3.05) is 5.32 Å². The SMILES string of the molecule is Cc1ccc(C)c(NC(=O)/C(C#N)=C/c2ccc(OCc3ccc4ccccc4c3)c(Br)c2)c1. The molecule has 0 aliphatic heterocycles. The van der Waals surface area contributed by atoms with Crippen LogP contribution in [0.4, 0.5) is 5.69 Å². The van der Waals surface area contributed by atoms with E-state index in [1.165, 1.54) is 10.8 Å². The first-order chi connectivity index (χ1) is 16.4. The summed E-state index contributed by atoms with van der Waals surface area (Å²) in [4.78, 5) is 12.7. The lowest BCUT2D eigenvalue weighted by atomic mass is 10.1. The molecule has 34 heavy (non-hydrogen) atoms. The molecule has 0 saturated carbocycles. The molecule has 0 spiro atoms. The number of aryl methyl sites for hydroxylation is 2. The summed E-state index contributed by atoms with van der Waals surface area (Å²) in [6.07, 6.45) is 1.57. The zero-order chi connectivity index (χ0) is 24.1. The first kappa shape index (κ1) is 23.3. The summed E-state index contributed by atoms with van der Waals surface area (Å²) in [7, 11) is 0. The van der Waals surface area contributed by atoms with E-state index >= 15 is 0 Å². The monoisotopic (exact) mass is 510 g/mol. The van der Waals surface area contributed by atoms with Gasteiger partial charge in [0, 0.05) is 5.69 Å². The van der Waals surface area contributed by atoms with Crippen LogP contribution in [0.3, 0.4) is 0 Å². The number of nitrogens with zero attached hydrogens (tertiary/aromatic N) is 1. The zero-order valence-electron chi connectivity index (χ0n) is 18.9. The predicted octanol–water partition coefficient (Wildman–Crippen LogP) is 7.34. The lowest BCUT2D eigenvalue weighted by molar-refractivity contribution is -0.112. The van der Waals surface area contributed by atoms with E-state index in [-0.39, 0.29) is 5.57 Å². The van der Waals surface area contributed by atoms with Gasteiger partial charge in [-0.1, -0.05) is 54.6 Å². The third-order valence-electron chi connectivity index (χ3n) is 5.48. The molecule has 5 heteroatoms. The average Bonchev–Trinajstić information content (AvgIpc) is 2.84. The van der Waals surface area contributed by atoms with Crippen molar-refractivity contribution in [3.63, 3.8) is 0 Å². The molecule has 0 unspecified atom stereocenters. The van der Waals surface area contributed by atoms with Gasteiger partial charge in [-0.2, -0.15) is 5.26 Å². The van der Waals surface area contributed by atoms with Crippen molar-refractivity contribution in [1.82, 2.24) is 0 Å². The summed E-state index contributed by atoms with van der Waals surface area (Å²) in [6.45, 7) is 4.30. The fourth-order valence-electron chi connectivity index (χ4n) is 3.59. The van der Waals surface area contributed by atoms with Gasteiger partial charge in [0.15, 0.2) is 0 Å². The molecule has 0 fully saturated rings. The molecule has 0 radical (unpaired) electrons. The van der Waals surface area contributed by atoms with Crippen molar-refractivity contribution in [2.24, 2.45) is 0 Å². The Balaban J connectivity index is 1.46. The van der Waals surface area contributed by atoms with E-state index in [9.17, 15) is 10.1 Å². The van der Waals surface area contributed by atoms with Gasteiger partial charge in [-0.3, -0.25) is 4.79 Å². The molecule has 0 bridgehead atoms. The maximum absolute atomic E-state index is 12.7. The smallest absolute Gasteiger partial charge is 0.266 e. The number of halogens is 1. The molecule has 4 nitrogen and oxygen atoms in total. The Bertz CT molecular complexity index is 1450. The number of fused-ring (bicyclic) bond motifs is 1. The minimum Gasteiger partial charge on any atom is -0.488 e. The lowest BCUT2D eigenvalue weighted by Gasteiger charge is -2.10. The second kappa shape index (κ2) is 10.4. The molecule has 0 saturated heterocycles. The van der Waals surface area contributed by atoms with Crippen molar-refractivity contribution in [3.8, 4) is 11.8 Å². The van der Waals surface area contributed by atoms with Gasteiger partial charge < -0.3 is 10.1 Å². The molecule has 1 amide bonds. The van der Waals surface area contributed by atoms with Crippen LogP contribution in [0.1, 0.15) is 22.3 Å². The maximum Gasteiger partial charge on any atom is 0.266 e. The number of hydrogen-bond acceptors (Lipinski definition) is 3. The Labute approximate surface area is 207 Å². The van der Waals surface area contributed by atoms with Crippen molar-refractivity contribution in [1.29, 1.82) is 5.26 Å². The standard InChI is InChI=1S/C29H23BrN2O2/c1-19-7-8-20(2)27(13-19)32-29(33)25(17-31)14-21-10-12-28(26(30)16-21)34-18-22-9-11-23-5-3-4-6-24(23)15-22/h3-16H,18H2,1-2H3,(H,32,33)/b25-14+. The summed E-state index contributed by atoms with van der Waals surface area (Å²) in [5.74, 6) is 0.243. The van der Waals surface area contributed by atoms with E-state index in [1.807, 2.05) is 68.4 Å². The highest BCUT2D eigenvalue weighted by Gasteiger charge is 2.12. The number of carbonyl (C=O) groups is 1. The molecule has 0 aliphatic rings. The van der Waals surface area contributed by atoms with Crippen LogP contribution in [0.25, 0.3) is 16.8 Å². The first-order valence-corrected chi connectivity index (χ1v) is 11.6. The van der Waals surface area contributed by atoms with E-state index in [2.05, 4.69) is 51.6 Å². The maximum atomic E-state index is 12.7. The summed E-state index contributed by atoms with van der Waals surface area (Å²) in [5, 5.41) is 14.8. The van der Waals surface area contributed by atoms with Crippen LogP contribution in [0.15, 0.2) is 88.9 Å².